The van der Waals surface area contributed by atoms with E-state index in [4.69, 9.17) is 23.2 Å². The SMILES string of the molecule is CCC(O)Nc1nc(Nc2ccc(Cl)c(Cl)c2)ncc1C(F)(F)F. The summed E-state index contributed by atoms with van der Waals surface area (Å²) >= 11 is 11.7. The van der Waals surface area contributed by atoms with Crippen molar-refractivity contribution < 1.29 is 18.3 Å². The standard InChI is InChI=1S/C14H13Cl2F3N4O/c1-2-11(24)22-12-8(14(17,18)19)6-20-13(23-12)21-7-3-4-9(15)10(16)5-7/h3-6,11,24H,2H2,1H3,(H2,20,21,22,23). The lowest BCUT2D eigenvalue weighted by Crippen LogP contribution is -2.22. The second kappa shape index (κ2) is 7.42. The van der Waals surface area contributed by atoms with E-state index in [9.17, 15) is 18.3 Å². The molecule has 0 saturated carbocycles. The number of nitrogens with one attached hydrogen (secondary N) is 2. The van der Waals surface area contributed by atoms with E-state index >= 15 is 0 Å². The molecule has 24 heavy (non-hydrogen) atoms. The van der Waals surface area contributed by atoms with Crippen LogP contribution in [0.3, 0.4) is 0 Å². The van der Waals surface area contributed by atoms with E-state index in [1.54, 1.807) is 13.0 Å². The molecule has 0 aliphatic heterocycles. The molecule has 130 valence electrons. The molecule has 0 radical (unpaired) electrons. The Kier molecular flexibility index (Phi) is 5.74. The molecule has 0 fully saturated rings. The maximum atomic E-state index is 13.0. The zero-order valence-corrected chi connectivity index (χ0v) is 13.8. The Hall–Kier alpha value is -1.77. The molecule has 2 aromatic rings. The van der Waals surface area contributed by atoms with Crippen LogP contribution in [0.25, 0.3) is 0 Å². The van der Waals surface area contributed by atoms with Crippen LogP contribution < -0.4 is 10.6 Å². The third-order valence-electron chi connectivity index (χ3n) is 2.96. The molecule has 0 amide bonds. The van der Waals surface area contributed by atoms with E-state index in [1.807, 2.05) is 0 Å². The van der Waals surface area contributed by atoms with Gasteiger partial charge in [0.15, 0.2) is 0 Å². The van der Waals surface area contributed by atoms with Crippen molar-refractivity contribution in [1.29, 1.82) is 0 Å². The highest BCUT2D eigenvalue weighted by atomic mass is 35.5. The van der Waals surface area contributed by atoms with Gasteiger partial charge in [0.1, 0.15) is 17.6 Å². The molecule has 1 atom stereocenters. The van der Waals surface area contributed by atoms with Crippen LogP contribution in [-0.2, 0) is 6.18 Å². The molecule has 10 heteroatoms. The average molecular weight is 381 g/mol. The van der Waals surface area contributed by atoms with Crippen molar-refractivity contribution in [3.05, 3.63) is 40.0 Å². The van der Waals surface area contributed by atoms with Gasteiger partial charge in [0.05, 0.1) is 10.0 Å². The molecule has 0 spiro atoms. The van der Waals surface area contributed by atoms with Crippen molar-refractivity contribution in [2.24, 2.45) is 0 Å². The van der Waals surface area contributed by atoms with Gasteiger partial charge in [-0.3, -0.25) is 0 Å². The summed E-state index contributed by atoms with van der Waals surface area (Å²) in [5.74, 6) is -0.610. The Labute approximate surface area is 145 Å². The summed E-state index contributed by atoms with van der Waals surface area (Å²) in [7, 11) is 0. The van der Waals surface area contributed by atoms with Crippen LogP contribution in [0.5, 0.6) is 0 Å². The zero-order chi connectivity index (χ0) is 17.9. The van der Waals surface area contributed by atoms with Crippen molar-refractivity contribution in [2.75, 3.05) is 10.6 Å². The number of aliphatic hydroxyl groups is 1. The fraction of sp³-hybridized carbons (Fsp3) is 0.286. The molecule has 3 N–H and O–H groups in total. The van der Waals surface area contributed by atoms with Crippen LogP contribution in [0, 0.1) is 0 Å². The Morgan fingerprint density at radius 1 is 1.25 bits per heavy atom. The lowest BCUT2D eigenvalue weighted by Gasteiger charge is -2.17. The summed E-state index contributed by atoms with van der Waals surface area (Å²) < 4.78 is 39.0. The van der Waals surface area contributed by atoms with Crippen LogP contribution in [0.15, 0.2) is 24.4 Å². The molecular formula is C14H13Cl2F3N4O. The molecule has 1 aromatic carbocycles. The number of aliphatic hydroxyl groups excluding tert-OH is 1. The Morgan fingerprint density at radius 2 is 1.96 bits per heavy atom. The van der Waals surface area contributed by atoms with Gasteiger partial charge in [-0.25, -0.2) is 4.98 Å². The summed E-state index contributed by atoms with van der Waals surface area (Å²) in [6, 6.07) is 4.58. The minimum atomic E-state index is -4.65. The molecule has 0 aliphatic carbocycles. The van der Waals surface area contributed by atoms with E-state index in [0.29, 0.717) is 16.9 Å². The summed E-state index contributed by atoms with van der Waals surface area (Å²) in [4.78, 5) is 7.43. The molecule has 0 saturated heterocycles. The Bertz CT molecular complexity index is 728. The first kappa shape index (κ1) is 18.6. The average Bonchev–Trinajstić information content (AvgIpc) is 2.50. The van der Waals surface area contributed by atoms with E-state index in [0.717, 1.165) is 0 Å². The van der Waals surface area contributed by atoms with Crippen LogP contribution >= 0.6 is 23.2 Å². The fourth-order valence-electron chi connectivity index (χ4n) is 1.72. The van der Waals surface area contributed by atoms with Gasteiger partial charge < -0.3 is 15.7 Å². The summed E-state index contributed by atoms with van der Waals surface area (Å²) in [6.45, 7) is 1.61. The monoisotopic (exact) mass is 380 g/mol. The normalized spacial score (nSPS) is 12.8. The molecule has 1 aromatic heterocycles. The van der Waals surface area contributed by atoms with Gasteiger partial charge in [0, 0.05) is 11.9 Å². The lowest BCUT2D eigenvalue weighted by molar-refractivity contribution is -0.137. The molecule has 1 heterocycles. The number of halogens is 5. The van der Waals surface area contributed by atoms with Crippen molar-refractivity contribution >= 4 is 40.7 Å². The number of rotatable bonds is 5. The van der Waals surface area contributed by atoms with Crippen LogP contribution in [0.2, 0.25) is 10.0 Å². The first-order valence-electron chi connectivity index (χ1n) is 6.81. The highest BCUT2D eigenvalue weighted by Crippen LogP contribution is 2.34. The van der Waals surface area contributed by atoms with Crippen LogP contribution in [0.4, 0.5) is 30.6 Å². The van der Waals surface area contributed by atoms with E-state index in [-0.39, 0.29) is 17.4 Å². The van der Waals surface area contributed by atoms with Gasteiger partial charge in [-0.2, -0.15) is 18.2 Å². The number of anilines is 3. The third-order valence-corrected chi connectivity index (χ3v) is 3.70. The van der Waals surface area contributed by atoms with Gasteiger partial charge in [0.2, 0.25) is 5.95 Å². The number of hydrogen-bond donors (Lipinski definition) is 3. The topological polar surface area (TPSA) is 70.1 Å². The predicted molar refractivity (Wildman–Crippen MR) is 86.7 cm³/mol. The van der Waals surface area contributed by atoms with Gasteiger partial charge >= 0.3 is 6.18 Å². The molecule has 0 bridgehead atoms. The van der Waals surface area contributed by atoms with Crippen molar-refractivity contribution in [3.63, 3.8) is 0 Å². The summed E-state index contributed by atoms with van der Waals surface area (Å²) in [5.41, 5.74) is -0.624. The number of alkyl halides is 3. The second-order valence-electron chi connectivity index (χ2n) is 4.78. The molecule has 5 nitrogen and oxygen atoms in total. The predicted octanol–water partition coefficient (Wildman–Crippen LogP) is 4.69. The summed E-state index contributed by atoms with van der Waals surface area (Å²) in [6.07, 6.45) is -4.98. The first-order chi connectivity index (χ1) is 11.2. The zero-order valence-electron chi connectivity index (χ0n) is 12.3. The molecule has 0 aliphatic rings. The van der Waals surface area contributed by atoms with Gasteiger partial charge in [-0.15, -0.1) is 0 Å². The third kappa shape index (κ3) is 4.62. The largest absolute Gasteiger partial charge is 0.421 e. The maximum absolute atomic E-state index is 13.0. The van der Waals surface area contributed by atoms with Crippen molar-refractivity contribution in [2.45, 2.75) is 25.7 Å². The summed E-state index contributed by atoms with van der Waals surface area (Å²) in [5, 5.41) is 15.2. The maximum Gasteiger partial charge on any atom is 0.421 e. The van der Waals surface area contributed by atoms with E-state index < -0.39 is 23.8 Å². The van der Waals surface area contributed by atoms with E-state index in [1.165, 1.54) is 12.1 Å². The quantitative estimate of drug-likeness (QED) is 0.656. The number of hydrogen-bond acceptors (Lipinski definition) is 5. The van der Waals surface area contributed by atoms with Gasteiger partial charge in [0.25, 0.3) is 0 Å². The lowest BCUT2D eigenvalue weighted by atomic mass is 10.3. The number of benzene rings is 1. The van der Waals surface area contributed by atoms with Crippen molar-refractivity contribution in [1.82, 2.24) is 9.97 Å². The van der Waals surface area contributed by atoms with Gasteiger partial charge in [-0.05, 0) is 24.6 Å². The van der Waals surface area contributed by atoms with Crippen LogP contribution in [-0.4, -0.2) is 21.3 Å². The highest BCUT2D eigenvalue weighted by Gasteiger charge is 2.35. The molecule has 1 unspecified atom stereocenters. The molecular weight excluding hydrogens is 368 g/mol. The van der Waals surface area contributed by atoms with Gasteiger partial charge in [-0.1, -0.05) is 30.1 Å². The van der Waals surface area contributed by atoms with Crippen LogP contribution in [0.1, 0.15) is 18.9 Å². The number of nitrogens with zero attached hydrogens (tertiary/aromatic N) is 2. The van der Waals surface area contributed by atoms with E-state index in [2.05, 4.69) is 20.6 Å². The minimum absolute atomic E-state index is 0.0906. The Balaban J connectivity index is 2.34. The number of aromatic nitrogens is 2. The smallest absolute Gasteiger partial charge is 0.374 e. The first-order valence-corrected chi connectivity index (χ1v) is 7.57. The molecule has 2 rings (SSSR count). The van der Waals surface area contributed by atoms with Crippen molar-refractivity contribution in [3.8, 4) is 0 Å². The minimum Gasteiger partial charge on any atom is -0.374 e. The fourth-order valence-corrected chi connectivity index (χ4v) is 2.02. The Morgan fingerprint density at radius 3 is 2.54 bits per heavy atom. The highest BCUT2D eigenvalue weighted by molar-refractivity contribution is 6.42. The second-order valence-corrected chi connectivity index (χ2v) is 5.59.